The minimum absolute atomic E-state index is 0.0673. The van der Waals surface area contributed by atoms with Crippen LogP contribution in [0.3, 0.4) is 0 Å². The van der Waals surface area contributed by atoms with Gasteiger partial charge in [-0.05, 0) is 31.4 Å². The van der Waals surface area contributed by atoms with Gasteiger partial charge < -0.3 is 30.8 Å². The third-order valence-electron chi connectivity index (χ3n) is 5.71. The van der Waals surface area contributed by atoms with Gasteiger partial charge in [-0.3, -0.25) is 19.2 Å². The summed E-state index contributed by atoms with van der Waals surface area (Å²) in [7, 11) is 1.48. The number of nitrogens with one attached hydrogen (secondary N) is 2. The van der Waals surface area contributed by atoms with E-state index < -0.39 is 11.9 Å². The number of aldehydes is 1. The normalized spacial score (nSPS) is 13.3. The number of methoxy groups -OCH3 is 1. The summed E-state index contributed by atoms with van der Waals surface area (Å²) in [5.41, 5.74) is 7.08. The molecule has 0 fully saturated rings. The Morgan fingerprint density at radius 2 is 1.88 bits per heavy atom. The molecule has 1 atom stereocenters. The van der Waals surface area contributed by atoms with E-state index in [9.17, 15) is 24.0 Å². The Morgan fingerprint density at radius 3 is 2.59 bits per heavy atom. The number of fused-ring (bicyclic) bond motifs is 1. The fraction of sp³-hybridized carbons (Fsp3) is 0.542. The first-order chi connectivity index (χ1) is 16.4. The summed E-state index contributed by atoms with van der Waals surface area (Å²) < 4.78 is 4.75. The largest absolute Gasteiger partial charge is 0.375 e. The topological polar surface area (TPSA) is 148 Å². The molecule has 1 aromatic carbocycles. The molecule has 0 aromatic heterocycles. The molecule has 0 spiro atoms. The highest BCUT2D eigenvalue weighted by Crippen LogP contribution is 2.31. The predicted molar refractivity (Wildman–Crippen MR) is 126 cm³/mol. The second kappa shape index (κ2) is 14.1. The number of unbranched alkanes of at least 4 members (excludes halogenated alkanes) is 4. The number of hydrogen-bond acceptors (Lipinski definition) is 6. The molecule has 186 valence electrons. The maximum atomic E-state index is 12.8. The SMILES string of the molecule is COCC(=O)NCCCCCCCC(=O)Nc1cccc2c1CN(C(CCC=O)C(N)=O)C2=O. The van der Waals surface area contributed by atoms with Crippen molar-refractivity contribution in [2.24, 2.45) is 5.73 Å². The lowest BCUT2D eigenvalue weighted by Gasteiger charge is -2.24. The van der Waals surface area contributed by atoms with Crippen LogP contribution in [-0.2, 0) is 30.5 Å². The zero-order chi connectivity index (χ0) is 24.9. The molecule has 10 nitrogen and oxygen atoms in total. The Labute approximate surface area is 199 Å². The maximum Gasteiger partial charge on any atom is 0.255 e. The van der Waals surface area contributed by atoms with Gasteiger partial charge in [-0.15, -0.1) is 0 Å². The molecule has 2 rings (SSSR count). The van der Waals surface area contributed by atoms with Gasteiger partial charge in [-0.25, -0.2) is 0 Å². The van der Waals surface area contributed by atoms with Crippen molar-refractivity contribution in [2.45, 2.75) is 64.0 Å². The lowest BCUT2D eigenvalue weighted by molar-refractivity contribution is -0.125. The minimum Gasteiger partial charge on any atom is -0.375 e. The molecule has 10 heteroatoms. The molecule has 1 aromatic rings. The first kappa shape index (κ1) is 27.0. The molecule has 0 saturated heterocycles. The number of benzene rings is 1. The summed E-state index contributed by atoms with van der Waals surface area (Å²) >= 11 is 0. The van der Waals surface area contributed by atoms with Crippen LogP contribution in [0.5, 0.6) is 0 Å². The molecule has 0 bridgehead atoms. The third kappa shape index (κ3) is 7.95. The molecule has 0 saturated carbocycles. The quantitative estimate of drug-likeness (QED) is 0.244. The number of nitrogens with zero attached hydrogens (tertiary/aromatic N) is 1. The number of amides is 4. The van der Waals surface area contributed by atoms with Crippen LogP contribution in [0.2, 0.25) is 0 Å². The van der Waals surface area contributed by atoms with Gasteiger partial charge in [0.2, 0.25) is 17.7 Å². The summed E-state index contributed by atoms with van der Waals surface area (Å²) in [5, 5.41) is 5.65. The van der Waals surface area contributed by atoms with Crippen LogP contribution < -0.4 is 16.4 Å². The van der Waals surface area contributed by atoms with E-state index in [0.717, 1.165) is 32.1 Å². The van der Waals surface area contributed by atoms with Crippen LogP contribution in [0, 0.1) is 0 Å². The maximum absolute atomic E-state index is 12.8. The highest BCUT2D eigenvalue weighted by Gasteiger charge is 2.36. The van der Waals surface area contributed by atoms with Crippen molar-refractivity contribution in [1.29, 1.82) is 0 Å². The summed E-state index contributed by atoms with van der Waals surface area (Å²) in [5.74, 6) is -1.26. The van der Waals surface area contributed by atoms with E-state index in [-0.39, 0.29) is 43.7 Å². The standard InChI is InChI=1S/C24H34N4O6/c1-34-16-22(31)26-13-6-4-2-3-5-12-21(30)27-19-10-7-9-17-18(19)15-28(24(17)33)20(23(25)32)11-8-14-29/h7,9-10,14,20H,2-6,8,11-13,15-16H2,1H3,(H2,25,32)(H,26,31)(H,27,30). The van der Waals surface area contributed by atoms with Crippen molar-refractivity contribution in [3.8, 4) is 0 Å². The molecule has 1 aliphatic heterocycles. The number of ether oxygens (including phenoxy) is 1. The van der Waals surface area contributed by atoms with Crippen LogP contribution >= 0.6 is 0 Å². The number of anilines is 1. The molecular formula is C24H34N4O6. The molecule has 0 aliphatic carbocycles. The first-order valence-electron chi connectivity index (χ1n) is 11.6. The monoisotopic (exact) mass is 474 g/mol. The van der Waals surface area contributed by atoms with Gasteiger partial charge in [-0.2, -0.15) is 0 Å². The molecule has 34 heavy (non-hydrogen) atoms. The van der Waals surface area contributed by atoms with E-state index in [1.54, 1.807) is 18.2 Å². The zero-order valence-corrected chi connectivity index (χ0v) is 19.6. The van der Waals surface area contributed by atoms with Crippen molar-refractivity contribution in [2.75, 3.05) is 25.6 Å². The second-order valence-corrected chi connectivity index (χ2v) is 8.28. The smallest absolute Gasteiger partial charge is 0.255 e. The Balaban J connectivity index is 1.79. The van der Waals surface area contributed by atoms with E-state index in [0.29, 0.717) is 36.1 Å². The number of primary amides is 1. The Morgan fingerprint density at radius 1 is 1.15 bits per heavy atom. The van der Waals surface area contributed by atoms with E-state index in [1.807, 2.05) is 0 Å². The fourth-order valence-electron chi connectivity index (χ4n) is 3.96. The van der Waals surface area contributed by atoms with Gasteiger partial charge in [0.05, 0.1) is 0 Å². The van der Waals surface area contributed by atoms with E-state index >= 15 is 0 Å². The average Bonchev–Trinajstić information content (AvgIpc) is 3.13. The number of nitrogens with two attached hydrogens (primary N) is 1. The van der Waals surface area contributed by atoms with E-state index in [2.05, 4.69) is 10.6 Å². The van der Waals surface area contributed by atoms with Crippen molar-refractivity contribution >= 4 is 35.6 Å². The molecule has 0 radical (unpaired) electrons. The number of rotatable bonds is 16. The van der Waals surface area contributed by atoms with Crippen molar-refractivity contribution < 1.29 is 28.7 Å². The van der Waals surface area contributed by atoms with Gasteiger partial charge in [0, 0.05) is 49.9 Å². The van der Waals surface area contributed by atoms with Crippen LogP contribution in [0.4, 0.5) is 5.69 Å². The van der Waals surface area contributed by atoms with Gasteiger partial charge in [0.25, 0.3) is 5.91 Å². The summed E-state index contributed by atoms with van der Waals surface area (Å²) in [6.45, 7) is 0.832. The highest BCUT2D eigenvalue weighted by atomic mass is 16.5. The summed E-state index contributed by atoms with van der Waals surface area (Å²) in [6, 6.07) is 4.20. The van der Waals surface area contributed by atoms with E-state index in [1.165, 1.54) is 12.0 Å². The lowest BCUT2D eigenvalue weighted by atomic mass is 10.1. The van der Waals surface area contributed by atoms with Crippen molar-refractivity contribution in [1.82, 2.24) is 10.2 Å². The molecule has 1 unspecified atom stereocenters. The Kier molecular flexibility index (Phi) is 11.2. The summed E-state index contributed by atoms with van der Waals surface area (Å²) in [4.78, 5) is 60.5. The third-order valence-corrected chi connectivity index (χ3v) is 5.71. The van der Waals surface area contributed by atoms with Gasteiger partial charge in [0.1, 0.15) is 18.9 Å². The summed E-state index contributed by atoms with van der Waals surface area (Å²) in [6.07, 6.45) is 5.77. The van der Waals surface area contributed by atoms with Crippen molar-refractivity contribution in [3.05, 3.63) is 29.3 Å². The zero-order valence-electron chi connectivity index (χ0n) is 19.6. The molecule has 1 heterocycles. The number of carbonyl (C=O) groups excluding carboxylic acids is 5. The Hall–Kier alpha value is -3.27. The number of hydrogen-bond donors (Lipinski definition) is 3. The van der Waals surface area contributed by atoms with Gasteiger partial charge in [-0.1, -0.05) is 25.3 Å². The van der Waals surface area contributed by atoms with Crippen LogP contribution in [0.15, 0.2) is 18.2 Å². The Bertz CT molecular complexity index is 888. The van der Waals surface area contributed by atoms with Crippen LogP contribution in [0.1, 0.15) is 67.3 Å². The first-order valence-corrected chi connectivity index (χ1v) is 11.6. The van der Waals surface area contributed by atoms with Crippen LogP contribution in [0.25, 0.3) is 0 Å². The predicted octanol–water partition coefficient (Wildman–Crippen LogP) is 1.52. The number of carbonyl (C=O) groups is 5. The van der Waals surface area contributed by atoms with E-state index in [4.69, 9.17) is 10.5 Å². The fourth-order valence-corrected chi connectivity index (χ4v) is 3.96. The molecular weight excluding hydrogens is 440 g/mol. The highest BCUT2D eigenvalue weighted by molar-refractivity contribution is 6.03. The second-order valence-electron chi connectivity index (χ2n) is 8.28. The molecule has 4 N–H and O–H groups in total. The van der Waals surface area contributed by atoms with Gasteiger partial charge in [0.15, 0.2) is 0 Å². The lowest BCUT2D eigenvalue weighted by Crippen LogP contribution is -2.44. The average molecular weight is 475 g/mol. The minimum atomic E-state index is -0.873. The van der Waals surface area contributed by atoms with Gasteiger partial charge >= 0.3 is 0 Å². The molecule has 1 aliphatic rings. The molecule has 4 amide bonds. The van der Waals surface area contributed by atoms with Crippen LogP contribution in [-0.4, -0.2) is 61.1 Å². The van der Waals surface area contributed by atoms with Crippen molar-refractivity contribution in [3.63, 3.8) is 0 Å².